The lowest BCUT2D eigenvalue weighted by molar-refractivity contribution is 0.660. The molecular weight excluding hydrogens is 302 g/mol. The van der Waals surface area contributed by atoms with Crippen LogP contribution < -0.4 is 5.32 Å². The van der Waals surface area contributed by atoms with E-state index in [1.165, 1.54) is 22.3 Å². The third-order valence-electron chi connectivity index (χ3n) is 4.70. The van der Waals surface area contributed by atoms with Gasteiger partial charge in [0.15, 0.2) is 0 Å². The zero-order valence-corrected chi connectivity index (χ0v) is 14.0. The van der Waals surface area contributed by atoms with Gasteiger partial charge in [0.2, 0.25) is 0 Å². The number of hydrogen-bond donors (Lipinski definition) is 1. The first kappa shape index (κ1) is 14.3. The van der Waals surface area contributed by atoms with Crippen LogP contribution >= 0.6 is 11.6 Å². The second-order valence-electron chi connectivity index (χ2n) is 6.54. The molecule has 3 aromatic carbocycles. The summed E-state index contributed by atoms with van der Waals surface area (Å²) in [4.78, 5) is 0. The van der Waals surface area contributed by atoms with Crippen LogP contribution in [0.1, 0.15) is 25.0 Å². The molecule has 1 aliphatic carbocycles. The predicted octanol–water partition coefficient (Wildman–Crippen LogP) is 6.39. The standard InChI is InChI=1S/C21H18ClN/c1-21(2)17-11-7-6-10-16(17)20-18(21)12-15(13-19(20)22)23-14-8-4-3-5-9-14/h3-13,23H,1-2H3. The first-order valence-corrected chi connectivity index (χ1v) is 8.21. The summed E-state index contributed by atoms with van der Waals surface area (Å²) < 4.78 is 0. The summed E-state index contributed by atoms with van der Waals surface area (Å²) >= 11 is 6.66. The Morgan fingerprint density at radius 3 is 2.26 bits per heavy atom. The van der Waals surface area contributed by atoms with Crippen LogP contribution in [0, 0.1) is 0 Å². The third-order valence-corrected chi connectivity index (χ3v) is 4.99. The highest BCUT2D eigenvalue weighted by Crippen LogP contribution is 2.52. The van der Waals surface area contributed by atoms with Gasteiger partial charge in [-0.15, -0.1) is 0 Å². The van der Waals surface area contributed by atoms with Gasteiger partial charge in [-0.05, 0) is 41.0 Å². The minimum atomic E-state index is -0.0378. The Morgan fingerprint density at radius 1 is 0.783 bits per heavy atom. The summed E-state index contributed by atoms with van der Waals surface area (Å²) in [6.07, 6.45) is 0. The summed E-state index contributed by atoms with van der Waals surface area (Å²) in [5, 5.41) is 4.26. The minimum Gasteiger partial charge on any atom is -0.355 e. The van der Waals surface area contributed by atoms with Crippen molar-refractivity contribution in [3.8, 4) is 11.1 Å². The summed E-state index contributed by atoms with van der Waals surface area (Å²) in [5.41, 5.74) is 7.11. The van der Waals surface area contributed by atoms with Gasteiger partial charge in [-0.25, -0.2) is 0 Å². The Balaban J connectivity index is 1.85. The van der Waals surface area contributed by atoms with Crippen molar-refractivity contribution in [2.24, 2.45) is 0 Å². The molecule has 0 amide bonds. The van der Waals surface area contributed by atoms with E-state index in [4.69, 9.17) is 11.6 Å². The Hall–Kier alpha value is -2.25. The number of hydrogen-bond acceptors (Lipinski definition) is 1. The number of benzene rings is 3. The highest BCUT2D eigenvalue weighted by atomic mass is 35.5. The molecule has 2 heteroatoms. The van der Waals surface area contributed by atoms with Crippen LogP contribution in [0.3, 0.4) is 0 Å². The SMILES string of the molecule is CC1(C)c2ccccc2-c2c(Cl)cc(Nc3ccccc3)cc21. The third kappa shape index (κ3) is 2.24. The monoisotopic (exact) mass is 319 g/mol. The Bertz CT molecular complexity index is 882. The molecule has 1 aliphatic rings. The maximum absolute atomic E-state index is 6.66. The van der Waals surface area contributed by atoms with Gasteiger partial charge < -0.3 is 5.32 Å². The molecule has 0 fully saturated rings. The second-order valence-corrected chi connectivity index (χ2v) is 6.95. The van der Waals surface area contributed by atoms with Crippen molar-refractivity contribution >= 4 is 23.0 Å². The van der Waals surface area contributed by atoms with E-state index in [-0.39, 0.29) is 5.41 Å². The average molecular weight is 320 g/mol. The lowest BCUT2D eigenvalue weighted by Gasteiger charge is -2.22. The van der Waals surface area contributed by atoms with Crippen molar-refractivity contribution in [2.75, 3.05) is 5.32 Å². The van der Waals surface area contributed by atoms with Gasteiger partial charge in [0.05, 0.1) is 5.02 Å². The summed E-state index contributed by atoms with van der Waals surface area (Å²) in [7, 11) is 0. The van der Waals surface area contributed by atoms with Crippen molar-refractivity contribution in [3.05, 3.63) is 82.9 Å². The van der Waals surface area contributed by atoms with Crippen LogP contribution in [0.2, 0.25) is 5.02 Å². The minimum absolute atomic E-state index is 0.0378. The number of rotatable bonds is 2. The molecule has 23 heavy (non-hydrogen) atoms. The number of anilines is 2. The van der Waals surface area contributed by atoms with Crippen LogP contribution in [-0.4, -0.2) is 0 Å². The number of para-hydroxylation sites is 1. The second kappa shape index (κ2) is 5.14. The summed E-state index contributed by atoms with van der Waals surface area (Å²) in [6.45, 7) is 4.53. The van der Waals surface area contributed by atoms with Crippen LogP contribution in [0.25, 0.3) is 11.1 Å². The van der Waals surface area contributed by atoms with Gasteiger partial charge in [-0.2, -0.15) is 0 Å². The molecule has 0 radical (unpaired) electrons. The lowest BCUT2D eigenvalue weighted by atomic mass is 9.82. The normalized spacial score (nSPS) is 14.2. The van der Waals surface area contributed by atoms with Crippen molar-refractivity contribution in [2.45, 2.75) is 19.3 Å². The first-order chi connectivity index (χ1) is 11.1. The molecule has 0 heterocycles. The summed E-state index contributed by atoms with van der Waals surface area (Å²) in [5.74, 6) is 0. The molecule has 1 nitrogen and oxygen atoms in total. The van der Waals surface area contributed by atoms with E-state index in [1.54, 1.807) is 0 Å². The molecule has 0 unspecified atom stereocenters. The molecule has 1 N–H and O–H groups in total. The van der Waals surface area contributed by atoms with Crippen molar-refractivity contribution < 1.29 is 0 Å². The van der Waals surface area contributed by atoms with Crippen molar-refractivity contribution in [1.82, 2.24) is 0 Å². The molecule has 3 aromatic rings. The van der Waals surface area contributed by atoms with E-state index in [0.717, 1.165) is 16.4 Å². The number of fused-ring (bicyclic) bond motifs is 3. The first-order valence-electron chi connectivity index (χ1n) is 7.83. The van der Waals surface area contributed by atoms with Gasteiger partial charge in [-0.1, -0.05) is 67.9 Å². The molecule has 0 aromatic heterocycles. The predicted molar refractivity (Wildman–Crippen MR) is 98.7 cm³/mol. The van der Waals surface area contributed by atoms with E-state index >= 15 is 0 Å². The van der Waals surface area contributed by atoms with Gasteiger partial charge in [0, 0.05) is 22.4 Å². The number of halogens is 1. The molecule has 114 valence electrons. The molecule has 0 spiro atoms. The Labute approximate surface area is 141 Å². The quantitative estimate of drug-likeness (QED) is 0.577. The van der Waals surface area contributed by atoms with Gasteiger partial charge >= 0.3 is 0 Å². The van der Waals surface area contributed by atoms with Gasteiger partial charge in [0.25, 0.3) is 0 Å². The van der Waals surface area contributed by atoms with Crippen LogP contribution in [0.5, 0.6) is 0 Å². The fraction of sp³-hybridized carbons (Fsp3) is 0.143. The molecule has 4 rings (SSSR count). The average Bonchev–Trinajstić information content (AvgIpc) is 2.77. The Kier molecular flexibility index (Phi) is 3.21. The van der Waals surface area contributed by atoms with Crippen molar-refractivity contribution in [3.63, 3.8) is 0 Å². The highest BCUT2D eigenvalue weighted by molar-refractivity contribution is 6.34. The zero-order chi connectivity index (χ0) is 16.0. The van der Waals surface area contributed by atoms with Gasteiger partial charge in [-0.3, -0.25) is 0 Å². The zero-order valence-electron chi connectivity index (χ0n) is 13.2. The fourth-order valence-corrected chi connectivity index (χ4v) is 3.85. The van der Waals surface area contributed by atoms with E-state index in [9.17, 15) is 0 Å². The van der Waals surface area contributed by atoms with E-state index in [1.807, 2.05) is 24.3 Å². The van der Waals surface area contributed by atoms with Crippen LogP contribution in [-0.2, 0) is 5.41 Å². The maximum Gasteiger partial charge on any atom is 0.0508 e. The molecule has 0 atom stereocenters. The number of nitrogens with one attached hydrogen (secondary N) is 1. The maximum atomic E-state index is 6.66. The van der Waals surface area contributed by atoms with Crippen LogP contribution in [0.15, 0.2) is 66.7 Å². The van der Waals surface area contributed by atoms with Crippen molar-refractivity contribution in [1.29, 1.82) is 0 Å². The summed E-state index contributed by atoms with van der Waals surface area (Å²) in [6, 6.07) is 23.0. The molecule has 0 saturated heterocycles. The Morgan fingerprint density at radius 2 is 1.48 bits per heavy atom. The highest BCUT2D eigenvalue weighted by Gasteiger charge is 2.36. The van der Waals surface area contributed by atoms with Gasteiger partial charge in [0.1, 0.15) is 0 Å². The smallest absolute Gasteiger partial charge is 0.0508 e. The fourth-order valence-electron chi connectivity index (χ4n) is 3.52. The van der Waals surface area contributed by atoms with E-state index in [2.05, 4.69) is 61.6 Å². The topological polar surface area (TPSA) is 12.0 Å². The molecule has 0 saturated carbocycles. The largest absolute Gasteiger partial charge is 0.355 e. The van der Waals surface area contributed by atoms with E-state index < -0.39 is 0 Å². The molecule has 0 aliphatic heterocycles. The van der Waals surface area contributed by atoms with E-state index in [0.29, 0.717) is 0 Å². The molecule has 0 bridgehead atoms. The molecular formula is C21H18ClN. The lowest BCUT2D eigenvalue weighted by Crippen LogP contribution is -2.15. The van der Waals surface area contributed by atoms with Crippen LogP contribution in [0.4, 0.5) is 11.4 Å².